The number of anilines is 1. The van der Waals surface area contributed by atoms with Crippen molar-refractivity contribution < 1.29 is 23.8 Å². The molecule has 0 atom stereocenters. The fourth-order valence-corrected chi connectivity index (χ4v) is 1.41. The molecule has 0 unspecified atom stereocenters. The van der Waals surface area contributed by atoms with Crippen molar-refractivity contribution in [3.63, 3.8) is 0 Å². The second kappa shape index (κ2) is 8.92. The Labute approximate surface area is 118 Å². The van der Waals surface area contributed by atoms with Crippen LogP contribution in [0.1, 0.15) is 13.3 Å². The van der Waals surface area contributed by atoms with Crippen LogP contribution >= 0.6 is 0 Å². The van der Waals surface area contributed by atoms with Crippen molar-refractivity contribution in [1.29, 1.82) is 0 Å². The van der Waals surface area contributed by atoms with Gasteiger partial charge in [0.1, 0.15) is 18.8 Å². The number of carbonyl (C=O) groups excluding carboxylic acids is 2. The summed E-state index contributed by atoms with van der Waals surface area (Å²) in [6, 6.07) is 6.87. The molecule has 0 spiro atoms. The van der Waals surface area contributed by atoms with Crippen LogP contribution in [0, 0.1) is 0 Å². The number of nitrogens with one attached hydrogen (secondary N) is 1. The highest BCUT2D eigenvalue weighted by atomic mass is 16.5. The van der Waals surface area contributed by atoms with Crippen LogP contribution in [0.2, 0.25) is 0 Å². The summed E-state index contributed by atoms with van der Waals surface area (Å²) in [7, 11) is 1.24. The fourth-order valence-electron chi connectivity index (χ4n) is 1.41. The lowest BCUT2D eigenvalue weighted by molar-refractivity contribution is -0.142. The molecule has 1 aromatic rings. The van der Waals surface area contributed by atoms with Gasteiger partial charge in [0.2, 0.25) is 5.91 Å². The van der Waals surface area contributed by atoms with Crippen molar-refractivity contribution in [3.8, 4) is 5.75 Å². The predicted molar refractivity (Wildman–Crippen MR) is 73.7 cm³/mol. The molecule has 0 saturated carbocycles. The van der Waals surface area contributed by atoms with Crippen LogP contribution < -0.4 is 10.1 Å². The lowest BCUT2D eigenvalue weighted by Gasteiger charge is -2.08. The summed E-state index contributed by atoms with van der Waals surface area (Å²) in [5.41, 5.74) is 0.594. The minimum atomic E-state index is -0.571. The zero-order chi connectivity index (χ0) is 14.8. The third kappa shape index (κ3) is 6.19. The molecule has 6 heteroatoms. The largest absolute Gasteiger partial charge is 0.491 e. The summed E-state index contributed by atoms with van der Waals surface area (Å²) in [6.45, 7) is 3.59. The van der Waals surface area contributed by atoms with Crippen molar-refractivity contribution in [2.75, 3.05) is 32.2 Å². The lowest BCUT2D eigenvalue weighted by Crippen LogP contribution is -2.17. The molecule has 0 bridgehead atoms. The van der Waals surface area contributed by atoms with Gasteiger partial charge in [-0.15, -0.1) is 0 Å². The molecule has 1 amide bonds. The maximum absolute atomic E-state index is 11.5. The molecule has 0 aliphatic carbocycles. The average molecular weight is 281 g/mol. The summed E-state index contributed by atoms with van der Waals surface area (Å²) in [5.74, 6) is -0.295. The van der Waals surface area contributed by atoms with E-state index in [0.717, 1.165) is 0 Å². The van der Waals surface area contributed by atoms with E-state index < -0.39 is 11.9 Å². The van der Waals surface area contributed by atoms with Gasteiger partial charge in [0.05, 0.1) is 13.7 Å². The number of carbonyl (C=O) groups is 2. The van der Waals surface area contributed by atoms with Gasteiger partial charge in [0, 0.05) is 12.3 Å². The summed E-state index contributed by atoms with van der Waals surface area (Å²) in [5, 5.41) is 2.59. The third-order valence-electron chi connectivity index (χ3n) is 2.37. The second-order valence-electron chi connectivity index (χ2n) is 3.87. The molecule has 1 N–H and O–H groups in total. The monoisotopic (exact) mass is 281 g/mol. The molecule has 20 heavy (non-hydrogen) atoms. The van der Waals surface area contributed by atoms with Gasteiger partial charge in [-0.05, 0) is 31.2 Å². The number of hydrogen-bond donors (Lipinski definition) is 1. The van der Waals surface area contributed by atoms with Crippen molar-refractivity contribution >= 4 is 17.6 Å². The third-order valence-corrected chi connectivity index (χ3v) is 2.37. The van der Waals surface area contributed by atoms with Gasteiger partial charge in [-0.3, -0.25) is 9.59 Å². The number of amides is 1. The Kier molecular flexibility index (Phi) is 7.13. The number of esters is 1. The highest BCUT2D eigenvalue weighted by molar-refractivity contribution is 6.01. The van der Waals surface area contributed by atoms with Gasteiger partial charge in [-0.1, -0.05) is 0 Å². The molecule has 1 aromatic carbocycles. The maximum Gasteiger partial charge on any atom is 0.315 e. The average Bonchev–Trinajstić information content (AvgIpc) is 2.45. The van der Waals surface area contributed by atoms with Crippen LogP contribution in [0.25, 0.3) is 0 Å². The molecule has 1 rings (SSSR count). The Bertz CT molecular complexity index is 430. The van der Waals surface area contributed by atoms with E-state index in [1.165, 1.54) is 7.11 Å². The summed E-state index contributed by atoms with van der Waals surface area (Å²) < 4.78 is 15.0. The minimum absolute atomic E-state index is 0.302. The van der Waals surface area contributed by atoms with E-state index in [-0.39, 0.29) is 6.42 Å². The highest BCUT2D eigenvalue weighted by Crippen LogP contribution is 2.15. The molecule has 6 nitrogen and oxygen atoms in total. The molecule has 0 aromatic heterocycles. The molecule has 110 valence electrons. The Morgan fingerprint density at radius 2 is 1.85 bits per heavy atom. The Morgan fingerprint density at radius 1 is 1.15 bits per heavy atom. The first-order valence-corrected chi connectivity index (χ1v) is 6.33. The molecule has 0 saturated heterocycles. The van der Waals surface area contributed by atoms with E-state index in [2.05, 4.69) is 10.1 Å². The molecular weight excluding hydrogens is 262 g/mol. The summed E-state index contributed by atoms with van der Waals surface area (Å²) in [4.78, 5) is 22.4. The number of hydrogen-bond acceptors (Lipinski definition) is 5. The number of benzene rings is 1. The smallest absolute Gasteiger partial charge is 0.315 e. The molecular formula is C14H19NO5. The van der Waals surface area contributed by atoms with Crippen LogP contribution in [0.5, 0.6) is 5.75 Å². The van der Waals surface area contributed by atoms with E-state index in [9.17, 15) is 9.59 Å². The van der Waals surface area contributed by atoms with Crippen LogP contribution in [0.4, 0.5) is 5.69 Å². The Morgan fingerprint density at radius 3 is 2.45 bits per heavy atom. The van der Waals surface area contributed by atoms with Gasteiger partial charge in [-0.2, -0.15) is 0 Å². The van der Waals surface area contributed by atoms with Crippen LogP contribution in [0.15, 0.2) is 24.3 Å². The van der Waals surface area contributed by atoms with Crippen LogP contribution in [-0.4, -0.2) is 38.8 Å². The highest BCUT2D eigenvalue weighted by Gasteiger charge is 2.09. The Hall–Kier alpha value is -2.08. The molecule has 0 heterocycles. The van der Waals surface area contributed by atoms with Crippen molar-refractivity contribution in [1.82, 2.24) is 0 Å². The van der Waals surface area contributed by atoms with Gasteiger partial charge in [0.15, 0.2) is 0 Å². The summed E-state index contributed by atoms with van der Waals surface area (Å²) in [6.07, 6.45) is -0.302. The second-order valence-corrected chi connectivity index (χ2v) is 3.87. The lowest BCUT2D eigenvalue weighted by atomic mass is 10.3. The number of methoxy groups -OCH3 is 1. The predicted octanol–water partition coefficient (Wildman–Crippen LogP) is 1.60. The van der Waals surface area contributed by atoms with E-state index in [4.69, 9.17) is 9.47 Å². The van der Waals surface area contributed by atoms with Crippen LogP contribution in [-0.2, 0) is 19.1 Å². The van der Waals surface area contributed by atoms with E-state index in [1.54, 1.807) is 24.3 Å². The van der Waals surface area contributed by atoms with E-state index in [1.807, 2.05) is 6.92 Å². The number of rotatable bonds is 8. The Balaban J connectivity index is 2.38. The number of ether oxygens (including phenoxy) is 3. The molecule has 0 fully saturated rings. The first-order valence-electron chi connectivity index (χ1n) is 6.33. The molecule has 0 aliphatic heterocycles. The topological polar surface area (TPSA) is 73.9 Å². The van der Waals surface area contributed by atoms with Crippen LogP contribution in [0.3, 0.4) is 0 Å². The molecule has 0 radical (unpaired) electrons. The SMILES string of the molecule is CCOCCOc1ccc(NC(=O)CC(=O)OC)cc1. The summed E-state index contributed by atoms with van der Waals surface area (Å²) >= 11 is 0. The maximum atomic E-state index is 11.5. The first kappa shape index (κ1) is 16.0. The van der Waals surface area contributed by atoms with Crippen molar-refractivity contribution in [3.05, 3.63) is 24.3 Å². The van der Waals surface area contributed by atoms with Gasteiger partial charge < -0.3 is 19.5 Å². The fraction of sp³-hybridized carbons (Fsp3) is 0.429. The van der Waals surface area contributed by atoms with Crippen molar-refractivity contribution in [2.24, 2.45) is 0 Å². The van der Waals surface area contributed by atoms with Gasteiger partial charge >= 0.3 is 5.97 Å². The van der Waals surface area contributed by atoms with E-state index in [0.29, 0.717) is 31.3 Å². The quantitative estimate of drug-likeness (QED) is 0.445. The van der Waals surface area contributed by atoms with E-state index >= 15 is 0 Å². The molecule has 0 aliphatic rings. The minimum Gasteiger partial charge on any atom is -0.491 e. The zero-order valence-electron chi connectivity index (χ0n) is 11.7. The van der Waals surface area contributed by atoms with Gasteiger partial charge in [-0.25, -0.2) is 0 Å². The normalized spacial score (nSPS) is 9.90. The zero-order valence-corrected chi connectivity index (χ0v) is 11.7. The van der Waals surface area contributed by atoms with Gasteiger partial charge in [0.25, 0.3) is 0 Å². The van der Waals surface area contributed by atoms with Crippen molar-refractivity contribution in [2.45, 2.75) is 13.3 Å². The standard InChI is InChI=1S/C14H19NO5/c1-3-19-8-9-20-12-6-4-11(5-7-12)15-13(16)10-14(17)18-2/h4-7H,3,8-10H2,1-2H3,(H,15,16). The first-order chi connectivity index (χ1) is 9.65.